The molecule has 1 saturated heterocycles. The van der Waals surface area contributed by atoms with E-state index in [-0.39, 0.29) is 11.4 Å². The van der Waals surface area contributed by atoms with Crippen LogP contribution in [0.4, 0.5) is 5.69 Å². The maximum Gasteiger partial charge on any atom is 0.245 e. The highest BCUT2D eigenvalue weighted by Crippen LogP contribution is 2.22. The number of carbonyl (C=O) groups excluding carboxylic acids is 1. The second-order valence-corrected chi connectivity index (χ2v) is 5.08. The molecule has 0 aromatic heterocycles. The molecule has 0 spiro atoms. The Balaban J connectivity index is 2.10. The van der Waals surface area contributed by atoms with Gasteiger partial charge in [-0.3, -0.25) is 4.79 Å². The highest BCUT2D eigenvalue weighted by atomic mass is 32.2. The minimum atomic E-state index is -0.440. The summed E-state index contributed by atoms with van der Waals surface area (Å²) in [6, 6.07) is 6.92. The van der Waals surface area contributed by atoms with Crippen molar-refractivity contribution in [2.75, 3.05) is 11.5 Å². The number of hydrazine groups is 1. The van der Waals surface area contributed by atoms with Crippen molar-refractivity contribution >= 4 is 23.4 Å². The van der Waals surface area contributed by atoms with E-state index in [2.05, 4.69) is 16.2 Å². The van der Waals surface area contributed by atoms with Crippen LogP contribution in [0.5, 0.6) is 0 Å². The lowest BCUT2D eigenvalue weighted by Crippen LogP contribution is -2.60. The molecule has 1 aliphatic heterocycles. The molecule has 1 aliphatic rings. The van der Waals surface area contributed by atoms with Gasteiger partial charge >= 0.3 is 0 Å². The van der Waals surface area contributed by atoms with Crippen LogP contribution in [0.1, 0.15) is 18.5 Å². The maximum absolute atomic E-state index is 11.9. The Labute approximate surface area is 104 Å². The lowest BCUT2D eigenvalue weighted by Gasteiger charge is -2.31. The highest BCUT2D eigenvalue weighted by Gasteiger charge is 2.29. The van der Waals surface area contributed by atoms with Gasteiger partial charge in [0.25, 0.3) is 0 Å². The fourth-order valence-corrected chi connectivity index (χ4v) is 2.40. The van der Waals surface area contributed by atoms with Crippen LogP contribution < -0.4 is 21.9 Å². The fourth-order valence-electron chi connectivity index (χ4n) is 1.72. The Kier molecular flexibility index (Phi) is 3.88. The SMILES string of the molecule is CCSC1NNC(c2ccccc2N)C(=O)N1. The van der Waals surface area contributed by atoms with Gasteiger partial charge in [0, 0.05) is 11.3 Å². The van der Waals surface area contributed by atoms with Crippen molar-refractivity contribution in [3.63, 3.8) is 0 Å². The second-order valence-electron chi connectivity index (χ2n) is 3.69. The molecule has 0 bridgehead atoms. The highest BCUT2D eigenvalue weighted by molar-refractivity contribution is 7.99. The number of nitrogen functional groups attached to an aromatic ring is 1. The van der Waals surface area contributed by atoms with Gasteiger partial charge in [0.2, 0.25) is 5.91 Å². The number of thioether (sulfide) groups is 1. The molecule has 1 amide bonds. The van der Waals surface area contributed by atoms with Crippen LogP contribution in [0.25, 0.3) is 0 Å². The van der Waals surface area contributed by atoms with Crippen LogP contribution in [0.3, 0.4) is 0 Å². The Hall–Kier alpha value is -1.24. The molecule has 0 aliphatic carbocycles. The second kappa shape index (κ2) is 5.39. The maximum atomic E-state index is 11.9. The first kappa shape index (κ1) is 12.2. The summed E-state index contributed by atoms with van der Waals surface area (Å²) in [6.45, 7) is 2.04. The Bertz CT molecular complexity index is 412. The molecule has 5 nitrogen and oxygen atoms in total. The molecule has 1 aromatic carbocycles. The predicted molar refractivity (Wildman–Crippen MR) is 69.9 cm³/mol. The fraction of sp³-hybridized carbons (Fsp3) is 0.364. The molecule has 2 atom stereocenters. The van der Waals surface area contributed by atoms with Gasteiger partial charge in [0.1, 0.15) is 11.5 Å². The molecule has 0 radical (unpaired) electrons. The monoisotopic (exact) mass is 252 g/mol. The topological polar surface area (TPSA) is 79.2 Å². The van der Waals surface area contributed by atoms with E-state index in [1.54, 1.807) is 17.8 Å². The Morgan fingerprint density at radius 1 is 1.35 bits per heavy atom. The van der Waals surface area contributed by atoms with Crippen LogP contribution in [-0.2, 0) is 4.79 Å². The molecule has 2 rings (SSSR count). The van der Waals surface area contributed by atoms with Crippen LogP contribution in [0.15, 0.2) is 24.3 Å². The summed E-state index contributed by atoms with van der Waals surface area (Å²) in [5.41, 5.74) is 13.2. The smallest absolute Gasteiger partial charge is 0.245 e. The summed E-state index contributed by atoms with van der Waals surface area (Å²) in [7, 11) is 0. The van der Waals surface area contributed by atoms with Gasteiger partial charge in [-0.2, -0.15) is 0 Å². The molecule has 17 heavy (non-hydrogen) atoms. The lowest BCUT2D eigenvalue weighted by molar-refractivity contribution is -0.125. The minimum Gasteiger partial charge on any atom is -0.398 e. The number of hydrogen-bond acceptors (Lipinski definition) is 5. The van der Waals surface area contributed by atoms with Crippen LogP contribution in [0, 0.1) is 0 Å². The van der Waals surface area contributed by atoms with E-state index in [0.717, 1.165) is 11.3 Å². The average molecular weight is 252 g/mol. The molecule has 1 aromatic rings. The third-order valence-electron chi connectivity index (χ3n) is 2.53. The van der Waals surface area contributed by atoms with E-state index < -0.39 is 6.04 Å². The first-order valence-corrected chi connectivity index (χ1v) is 6.54. The summed E-state index contributed by atoms with van der Waals surface area (Å²) in [6.07, 6.45) is 0. The zero-order chi connectivity index (χ0) is 12.3. The normalized spacial score (nSPS) is 24.4. The van der Waals surface area contributed by atoms with Gasteiger partial charge in [-0.15, -0.1) is 11.8 Å². The molecule has 0 saturated carbocycles. The molecule has 5 N–H and O–H groups in total. The summed E-state index contributed by atoms with van der Waals surface area (Å²) in [5.74, 6) is 0.866. The van der Waals surface area contributed by atoms with E-state index in [4.69, 9.17) is 5.73 Å². The van der Waals surface area contributed by atoms with Crippen LogP contribution >= 0.6 is 11.8 Å². The standard InChI is InChI=1S/C11H16N4OS/c1-2-17-11-13-10(16)9(14-15-11)7-5-3-4-6-8(7)12/h3-6,9,11,14-15H,2,12H2,1H3,(H,13,16). The van der Waals surface area contributed by atoms with E-state index in [0.29, 0.717) is 5.69 Å². The molecule has 6 heteroatoms. The lowest BCUT2D eigenvalue weighted by atomic mass is 10.0. The zero-order valence-corrected chi connectivity index (χ0v) is 10.4. The van der Waals surface area contributed by atoms with Crippen molar-refractivity contribution in [2.24, 2.45) is 0 Å². The third-order valence-corrected chi connectivity index (χ3v) is 3.44. The molecular weight excluding hydrogens is 236 g/mol. The molecule has 92 valence electrons. The van der Waals surface area contributed by atoms with Crippen molar-refractivity contribution < 1.29 is 4.79 Å². The largest absolute Gasteiger partial charge is 0.398 e. The zero-order valence-electron chi connectivity index (χ0n) is 9.57. The van der Waals surface area contributed by atoms with Crippen LogP contribution in [-0.4, -0.2) is 17.2 Å². The van der Waals surface area contributed by atoms with Gasteiger partial charge in [-0.05, 0) is 11.8 Å². The number of nitrogens with two attached hydrogens (primary N) is 1. The van der Waals surface area contributed by atoms with Gasteiger partial charge in [0.05, 0.1) is 0 Å². The van der Waals surface area contributed by atoms with Crippen molar-refractivity contribution in [3.05, 3.63) is 29.8 Å². The van der Waals surface area contributed by atoms with Crippen molar-refractivity contribution in [1.82, 2.24) is 16.2 Å². The quantitative estimate of drug-likeness (QED) is 0.592. The number of para-hydroxylation sites is 1. The number of rotatable bonds is 3. The van der Waals surface area contributed by atoms with Gasteiger partial charge in [-0.25, -0.2) is 10.9 Å². The minimum absolute atomic E-state index is 0.0624. The number of amides is 1. The summed E-state index contributed by atoms with van der Waals surface area (Å²) in [5, 5.41) is 2.89. The molecular formula is C11H16N4OS. The molecule has 1 heterocycles. The van der Waals surface area contributed by atoms with Crippen molar-refractivity contribution in [1.29, 1.82) is 0 Å². The first-order chi connectivity index (χ1) is 8.22. The van der Waals surface area contributed by atoms with Gasteiger partial charge in [0.15, 0.2) is 0 Å². The third kappa shape index (κ3) is 2.71. The number of hydrogen-bond donors (Lipinski definition) is 4. The van der Waals surface area contributed by atoms with E-state index in [1.165, 1.54) is 0 Å². The van der Waals surface area contributed by atoms with Crippen molar-refractivity contribution in [3.8, 4) is 0 Å². The van der Waals surface area contributed by atoms with E-state index in [9.17, 15) is 4.79 Å². The van der Waals surface area contributed by atoms with Gasteiger partial charge in [-0.1, -0.05) is 25.1 Å². The average Bonchev–Trinajstić information content (AvgIpc) is 2.31. The summed E-state index contributed by atoms with van der Waals surface area (Å²) >= 11 is 1.62. The first-order valence-electron chi connectivity index (χ1n) is 5.50. The Morgan fingerprint density at radius 3 is 2.76 bits per heavy atom. The van der Waals surface area contributed by atoms with Gasteiger partial charge < -0.3 is 11.1 Å². The number of nitrogens with one attached hydrogen (secondary N) is 3. The summed E-state index contributed by atoms with van der Waals surface area (Å²) in [4.78, 5) is 11.9. The van der Waals surface area contributed by atoms with Crippen LogP contribution in [0.2, 0.25) is 0 Å². The number of anilines is 1. The number of benzene rings is 1. The van der Waals surface area contributed by atoms with Crippen molar-refractivity contribution in [2.45, 2.75) is 18.5 Å². The number of carbonyl (C=O) groups is 1. The molecule has 1 fully saturated rings. The van der Waals surface area contributed by atoms with E-state index in [1.807, 2.05) is 25.1 Å². The predicted octanol–water partition coefficient (Wildman–Crippen LogP) is 0.571. The summed E-state index contributed by atoms with van der Waals surface area (Å²) < 4.78 is 0. The molecule has 2 unspecified atom stereocenters. The van der Waals surface area contributed by atoms with E-state index >= 15 is 0 Å². The Morgan fingerprint density at radius 2 is 2.12 bits per heavy atom.